The Morgan fingerprint density at radius 2 is 1.60 bits per heavy atom. The molecular formula is C30H28F7NO3S. The van der Waals surface area contributed by atoms with Crippen LogP contribution in [-0.4, -0.2) is 47.6 Å². The smallest absolute Gasteiger partial charge is 0.430 e. The summed E-state index contributed by atoms with van der Waals surface area (Å²) in [7, 11) is 3.43. The van der Waals surface area contributed by atoms with Crippen LogP contribution in [0.4, 0.5) is 30.7 Å². The van der Waals surface area contributed by atoms with Crippen LogP contribution in [0.15, 0.2) is 71.6 Å². The Kier molecular flexibility index (Phi) is 7.83. The van der Waals surface area contributed by atoms with Crippen molar-refractivity contribution in [3.05, 3.63) is 94.8 Å². The molecule has 42 heavy (non-hydrogen) atoms. The summed E-state index contributed by atoms with van der Waals surface area (Å²) in [5, 5.41) is 9.99. The molecule has 1 fully saturated rings. The molecule has 12 heteroatoms. The van der Waals surface area contributed by atoms with Crippen molar-refractivity contribution in [3.8, 4) is 5.75 Å². The van der Waals surface area contributed by atoms with Gasteiger partial charge in [0.2, 0.25) is 0 Å². The Labute approximate surface area is 241 Å². The zero-order valence-corrected chi connectivity index (χ0v) is 23.4. The predicted octanol–water partition coefficient (Wildman–Crippen LogP) is 6.47. The summed E-state index contributed by atoms with van der Waals surface area (Å²) in [5.74, 6) is -0.266. The third kappa shape index (κ3) is 4.95. The highest BCUT2D eigenvalue weighted by Crippen LogP contribution is 2.69. The lowest BCUT2D eigenvalue weighted by atomic mass is 9.84. The van der Waals surface area contributed by atoms with E-state index in [-0.39, 0.29) is 23.8 Å². The zero-order chi connectivity index (χ0) is 30.7. The van der Waals surface area contributed by atoms with Crippen molar-refractivity contribution in [1.82, 2.24) is 4.90 Å². The predicted molar refractivity (Wildman–Crippen MR) is 142 cm³/mol. The molecule has 0 bridgehead atoms. The van der Waals surface area contributed by atoms with Crippen LogP contribution in [0.25, 0.3) is 0 Å². The minimum atomic E-state index is -6.02. The van der Waals surface area contributed by atoms with Crippen LogP contribution in [0.1, 0.15) is 28.7 Å². The largest absolute Gasteiger partial charge is 0.611 e. The van der Waals surface area contributed by atoms with Crippen molar-refractivity contribution < 1.29 is 45.1 Å². The summed E-state index contributed by atoms with van der Waals surface area (Å²) in [6, 6.07) is 15.0. The molecule has 0 saturated heterocycles. The SMILES string of the molecule is COc1ccc(CN(C)CC2C3CCc4cc(C(O)(C(F)(F)F)C(F)(F)F)ccc4C32[S+]([O-])c2ccc(F)cc2)cc1. The molecule has 2 aliphatic carbocycles. The first-order chi connectivity index (χ1) is 19.6. The molecule has 2 aliphatic rings. The van der Waals surface area contributed by atoms with E-state index in [0.29, 0.717) is 41.8 Å². The van der Waals surface area contributed by atoms with Crippen LogP contribution in [-0.2, 0) is 34.5 Å². The number of methoxy groups -OCH3 is 1. The van der Waals surface area contributed by atoms with E-state index in [2.05, 4.69) is 0 Å². The summed E-state index contributed by atoms with van der Waals surface area (Å²) in [4.78, 5) is 2.33. The zero-order valence-electron chi connectivity index (χ0n) is 22.6. The molecule has 4 nitrogen and oxygen atoms in total. The monoisotopic (exact) mass is 615 g/mol. The van der Waals surface area contributed by atoms with Crippen molar-refractivity contribution in [1.29, 1.82) is 0 Å². The van der Waals surface area contributed by atoms with Gasteiger partial charge in [-0.1, -0.05) is 30.3 Å². The van der Waals surface area contributed by atoms with Crippen molar-refractivity contribution in [2.75, 3.05) is 20.7 Å². The number of ether oxygens (including phenoxy) is 1. The number of rotatable bonds is 8. The second kappa shape index (κ2) is 10.7. The van der Waals surface area contributed by atoms with Gasteiger partial charge in [0, 0.05) is 36.1 Å². The van der Waals surface area contributed by atoms with Crippen molar-refractivity contribution in [2.45, 2.75) is 47.0 Å². The highest BCUT2D eigenvalue weighted by Gasteiger charge is 2.76. The maximum absolute atomic E-state index is 14.2. The highest BCUT2D eigenvalue weighted by molar-refractivity contribution is 7.92. The molecule has 5 rings (SSSR count). The van der Waals surface area contributed by atoms with Gasteiger partial charge in [-0.15, -0.1) is 0 Å². The van der Waals surface area contributed by atoms with Crippen molar-refractivity contribution in [3.63, 3.8) is 0 Å². The number of aliphatic hydroxyl groups is 1. The van der Waals surface area contributed by atoms with Gasteiger partial charge in [0.25, 0.3) is 5.60 Å². The second-order valence-electron chi connectivity index (χ2n) is 10.9. The lowest BCUT2D eigenvalue weighted by Gasteiger charge is -2.34. The van der Waals surface area contributed by atoms with E-state index < -0.39 is 45.3 Å². The van der Waals surface area contributed by atoms with E-state index in [1.807, 2.05) is 36.2 Å². The number of halogens is 7. The van der Waals surface area contributed by atoms with Crippen LogP contribution in [0.5, 0.6) is 5.75 Å². The van der Waals surface area contributed by atoms with Gasteiger partial charge in [0.1, 0.15) is 11.6 Å². The highest BCUT2D eigenvalue weighted by atomic mass is 32.2. The molecule has 1 N–H and O–H groups in total. The molecule has 0 aromatic heterocycles. The van der Waals surface area contributed by atoms with Gasteiger partial charge in [-0.25, -0.2) is 4.39 Å². The molecule has 0 heterocycles. The van der Waals surface area contributed by atoms with E-state index >= 15 is 0 Å². The average Bonchev–Trinajstić information content (AvgIpc) is 3.59. The fraction of sp³-hybridized carbons (Fsp3) is 0.400. The number of benzene rings is 3. The molecule has 0 spiro atoms. The Bertz CT molecular complexity index is 1410. The summed E-state index contributed by atoms with van der Waals surface area (Å²) in [5.41, 5.74) is -4.85. The summed E-state index contributed by atoms with van der Waals surface area (Å²) >= 11 is -1.81. The standard InChI is InChI=1S/C30H28F7NO3S/c1-38(16-18-3-9-22(41-2)10-4-18)17-26-25-13-5-19-15-20(28(39,29(32,33)34)30(35,36)37)6-14-24(19)27(25,26)42(40)23-11-7-21(31)8-12-23/h3-4,6-12,14-15,25-26,39H,5,13,16-17H2,1-2H3. The molecule has 3 aromatic carbocycles. The van der Waals surface area contributed by atoms with E-state index in [4.69, 9.17) is 4.74 Å². The number of nitrogens with zero attached hydrogens (tertiary/aromatic N) is 1. The fourth-order valence-corrected chi connectivity index (χ4v) is 8.54. The van der Waals surface area contributed by atoms with E-state index in [1.165, 1.54) is 12.1 Å². The molecule has 1 saturated carbocycles. The van der Waals surface area contributed by atoms with Crippen LogP contribution in [0.3, 0.4) is 0 Å². The first-order valence-corrected chi connectivity index (χ1v) is 14.3. The fourth-order valence-electron chi connectivity index (χ4n) is 6.36. The lowest BCUT2D eigenvalue weighted by molar-refractivity contribution is -0.376. The lowest BCUT2D eigenvalue weighted by Crippen LogP contribution is -2.54. The number of alkyl halides is 6. The molecule has 226 valence electrons. The van der Waals surface area contributed by atoms with Crippen LogP contribution >= 0.6 is 0 Å². The van der Waals surface area contributed by atoms with Gasteiger partial charge in [0.05, 0.1) is 7.11 Å². The second-order valence-corrected chi connectivity index (χ2v) is 12.6. The summed E-state index contributed by atoms with van der Waals surface area (Å²) in [6.07, 6.45) is -11.5. The first kappa shape index (κ1) is 30.7. The van der Waals surface area contributed by atoms with Crippen LogP contribution in [0.2, 0.25) is 0 Å². The van der Waals surface area contributed by atoms with E-state index in [0.717, 1.165) is 29.8 Å². The quantitative estimate of drug-likeness (QED) is 0.233. The Hall–Kier alpha value is -2.80. The molecule has 3 aromatic rings. The first-order valence-electron chi connectivity index (χ1n) is 13.1. The topological polar surface area (TPSA) is 55.8 Å². The number of aryl methyl sites for hydroxylation is 1. The minimum absolute atomic E-state index is 0.153. The van der Waals surface area contributed by atoms with Gasteiger partial charge in [-0.2, -0.15) is 26.3 Å². The van der Waals surface area contributed by atoms with Crippen LogP contribution < -0.4 is 4.74 Å². The number of fused-ring (bicyclic) bond motifs is 3. The molecule has 4 atom stereocenters. The van der Waals surface area contributed by atoms with E-state index in [9.17, 15) is 40.4 Å². The Balaban J connectivity index is 1.53. The molecule has 4 unspecified atom stereocenters. The maximum atomic E-state index is 14.2. The Morgan fingerprint density at radius 1 is 0.976 bits per heavy atom. The minimum Gasteiger partial charge on any atom is -0.611 e. The van der Waals surface area contributed by atoms with Gasteiger partial charge in [0.15, 0.2) is 9.64 Å². The number of hydrogen-bond acceptors (Lipinski definition) is 4. The molecule has 0 aliphatic heterocycles. The molecule has 0 radical (unpaired) electrons. The summed E-state index contributed by atoms with van der Waals surface area (Å²) in [6.45, 7) is 0.975. The van der Waals surface area contributed by atoms with Gasteiger partial charge < -0.3 is 19.3 Å². The van der Waals surface area contributed by atoms with Gasteiger partial charge >= 0.3 is 12.4 Å². The summed E-state index contributed by atoms with van der Waals surface area (Å²) < 4.78 is 114. The average molecular weight is 616 g/mol. The normalized spacial score (nSPS) is 22.9. The van der Waals surface area contributed by atoms with Gasteiger partial charge in [-0.3, -0.25) is 0 Å². The third-order valence-corrected chi connectivity index (χ3v) is 10.6. The van der Waals surface area contributed by atoms with Gasteiger partial charge in [-0.05, 0) is 78.6 Å². The maximum Gasteiger partial charge on any atom is 0.430 e. The number of hydrogen-bond donors (Lipinski definition) is 1. The Morgan fingerprint density at radius 3 is 2.17 bits per heavy atom. The third-order valence-electron chi connectivity index (χ3n) is 8.42. The molecular weight excluding hydrogens is 587 g/mol. The molecule has 0 amide bonds. The van der Waals surface area contributed by atoms with Crippen molar-refractivity contribution >= 4 is 11.2 Å². The van der Waals surface area contributed by atoms with Crippen molar-refractivity contribution in [2.24, 2.45) is 11.8 Å². The van der Waals surface area contributed by atoms with E-state index in [1.54, 1.807) is 7.11 Å². The van der Waals surface area contributed by atoms with Crippen LogP contribution in [0, 0.1) is 17.7 Å².